The van der Waals surface area contributed by atoms with E-state index >= 15 is 0 Å². The van der Waals surface area contributed by atoms with Crippen LogP contribution in [0.2, 0.25) is 5.02 Å². The first kappa shape index (κ1) is 115. The van der Waals surface area contributed by atoms with Crippen LogP contribution >= 0.6 is 11.6 Å². The summed E-state index contributed by atoms with van der Waals surface area (Å²) in [7, 11) is 1.26. The number of methoxy groups -OCH3 is 1. The summed E-state index contributed by atoms with van der Waals surface area (Å²) in [6.45, 7) is 2.63. The minimum atomic E-state index is -4.56. The molecular formula is C91H70ClF16N21O21. The molecule has 0 radical (unpaired) electrons. The number of non-ortho nitro benzene ring substituents is 6. The van der Waals surface area contributed by atoms with Crippen LogP contribution < -0.4 is 78.8 Å². The zero-order valence-corrected chi connectivity index (χ0v) is 76.4. The summed E-state index contributed by atoms with van der Waals surface area (Å²) in [5, 5.41) is 113. The van der Waals surface area contributed by atoms with Gasteiger partial charge in [-0.05, 0) is 158 Å². The number of phenols is 1. The molecule has 0 aliphatic carbocycles. The van der Waals surface area contributed by atoms with Crippen molar-refractivity contribution in [3.05, 3.63) is 360 Å². The molecule has 1 heterocycles. The lowest BCUT2D eigenvalue weighted by atomic mass is 10.1. The van der Waals surface area contributed by atoms with E-state index in [1.165, 1.54) is 111 Å². The van der Waals surface area contributed by atoms with Gasteiger partial charge in [-0.1, -0.05) is 48.0 Å². The number of ether oxygens (including phenoxy) is 1. The molecule has 13 rings (SSSR count). The van der Waals surface area contributed by atoms with E-state index in [2.05, 4.69) is 69.1 Å². The SMILES string of the molecule is CC(=O)Nc1cc([N+](=O)[O-])ccc1NC(=O)Nc1cccc(F)c1.COc1cc([N+](=O)[O-])ccc1NC(=O)Nc1cccc(C(F)(F)F)c1.N#Cc1cc([N+](=O)[O-])ccc1NC(=O)Nc1cccc(C(F)(F)F)c1.O=C(Nc1cccc(C(F)(F)F)c1)Nc1ccc([N+](=O)[O-])cc1Cl.O=C(Nc1cccc(C(F)(F)F)c1)Nc1ccc([N+](=O)[O-])cc1N1CCCC1.O=C(Nc1cccc(C(F)(F)F)c1)Nc1ccc([N+](=O)[O-])cc1O. The van der Waals surface area contributed by atoms with Crippen molar-refractivity contribution in [3.8, 4) is 17.6 Å². The van der Waals surface area contributed by atoms with Gasteiger partial charge in [0.1, 0.15) is 23.4 Å². The van der Waals surface area contributed by atoms with E-state index in [0.717, 1.165) is 171 Å². The summed E-state index contributed by atoms with van der Waals surface area (Å²) in [5.41, 5.74) is -5.26. The first-order valence-electron chi connectivity index (χ1n) is 41.4. The van der Waals surface area contributed by atoms with E-state index in [1.807, 2.05) is 4.90 Å². The summed E-state index contributed by atoms with van der Waals surface area (Å²) < 4.78 is 208. The average Bonchev–Trinajstić information content (AvgIpc) is 1.58. The molecule has 1 saturated heterocycles. The number of rotatable bonds is 21. The number of amides is 13. The third kappa shape index (κ3) is 36.2. The second-order valence-corrected chi connectivity index (χ2v) is 30.2. The fourth-order valence-corrected chi connectivity index (χ4v) is 12.6. The minimum absolute atomic E-state index is 0.0161. The maximum atomic E-state index is 13.1. The van der Waals surface area contributed by atoms with Crippen LogP contribution in [0.3, 0.4) is 0 Å². The normalized spacial score (nSPS) is 11.3. The lowest BCUT2D eigenvalue weighted by Gasteiger charge is -2.21. The smallest absolute Gasteiger partial charge is 0.416 e. The van der Waals surface area contributed by atoms with E-state index in [1.54, 1.807) is 6.07 Å². The van der Waals surface area contributed by atoms with Gasteiger partial charge in [0.25, 0.3) is 34.1 Å². The zero-order chi connectivity index (χ0) is 111. The number of nitriles is 1. The first-order chi connectivity index (χ1) is 70.3. The number of alkyl halides is 15. The summed E-state index contributed by atoms with van der Waals surface area (Å²) in [4.78, 5) is 145. The Balaban J connectivity index is 0.000000219. The van der Waals surface area contributed by atoms with E-state index in [0.29, 0.717) is 24.5 Å². The molecule has 0 saturated carbocycles. The second-order valence-electron chi connectivity index (χ2n) is 29.8. The third-order valence-electron chi connectivity index (χ3n) is 19.1. The topological polar surface area (TPSA) is 591 Å². The molecule has 1 aliphatic rings. The summed E-state index contributed by atoms with van der Waals surface area (Å²) >= 11 is 5.81. The number of nitrogens with one attached hydrogen (secondary N) is 13. The molecule has 0 unspecified atom stereocenters. The molecule has 0 bridgehead atoms. The predicted octanol–water partition coefficient (Wildman–Crippen LogP) is 25.5. The number of carbonyl (C=O) groups excluding carboxylic acids is 7. The highest BCUT2D eigenvalue weighted by Gasteiger charge is 2.36. The maximum Gasteiger partial charge on any atom is 0.416 e. The molecule has 0 aromatic heterocycles. The zero-order valence-electron chi connectivity index (χ0n) is 75.7. The summed E-state index contributed by atoms with van der Waals surface area (Å²) in [6.07, 6.45) is -20.8. The van der Waals surface area contributed by atoms with E-state index in [4.69, 9.17) is 21.6 Å². The van der Waals surface area contributed by atoms with E-state index in [-0.39, 0.29) is 119 Å². The van der Waals surface area contributed by atoms with Crippen LogP contribution in [-0.4, -0.2) is 96.9 Å². The van der Waals surface area contributed by atoms with Crippen molar-refractivity contribution in [2.45, 2.75) is 50.6 Å². The van der Waals surface area contributed by atoms with Crippen LogP contribution in [0.15, 0.2) is 255 Å². The fourth-order valence-electron chi connectivity index (χ4n) is 12.3. The van der Waals surface area contributed by atoms with Gasteiger partial charge in [-0.15, -0.1) is 0 Å². The lowest BCUT2D eigenvalue weighted by Crippen LogP contribution is -2.24. The van der Waals surface area contributed by atoms with Crippen molar-refractivity contribution in [2.24, 2.45) is 0 Å². The number of hydrogen-bond donors (Lipinski definition) is 14. The molecule has 59 heteroatoms. The number of hydrogen-bond acceptors (Lipinski definition) is 23. The van der Waals surface area contributed by atoms with Gasteiger partial charge >= 0.3 is 67.1 Å². The van der Waals surface area contributed by atoms with Crippen LogP contribution in [-0.2, 0) is 35.7 Å². The molecule has 1 aliphatic heterocycles. The van der Waals surface area contributed by atoms with Crippen molar-refractivity contribution in [2.75, 3.05) is 94.2 Å². The van der Waals surface area contributed by atoms with Crippen molar-refractivity contribution < 1.29 is 143 Å². The number of nitrogens with zero attached hydrogens (tertiary/aromatic N) is 8. The Morgan fingerprint density at radius 1 is 0.333 bits per heavy atom. The second kappa shape index (κ2) is 51.4. The van der Waals surface area contributed by atoms with Crippen molar-refractivity contribution in [1.82, 2.24) is 0 Å². The molecule has 0 spiro atoms. The summed E-state index contributed by atoms with van der Waals surface area (Å²) in [5.74, 6) is -1.48. The number of nitro groups is 6. The highest BCUT2D eigenvalue weighted by atomic mass is 35.5. The maximum absolute atomic E-state index is 13.1. The van der Waals surface area contributed by atoms with Crippen LogP contribution in [0.1, 0.15) is 53.1 Å². The Bertz CT molecular complexity index is 6990. The number of anilines is 14. The van der Waals surface area contributed by atoms with Crippen LogP contribution in [0.25, 0.3) is 0 Å². The molecule has 0 atom stereocenters. The Morgan fingerprint density at radius 3 is 0.953 bits per heavy atom. The van der Waals surface area contributed by atoms with Gasteiger partial charge in [0.15, 0.2) is 0 Å². The van der Waals surface area contributed by atoms with Gasteiger partial charge in [-0.2, -0.15) is 71.1 Å². The number of halogens is 17. The van der Waals surface area contributed by atoms with Crippen LogP contribution in [0.4, 0.5) is 213 Å². The molecule has 12 aromatic carbocycles. The molecule has 784 valence electrons. The Hall–Kier alpha value is -19.8. The molecule has 150 heavy (non-hydrogen) atoms. The largest absolute Gasteiger partial charge is 0.506 e. The predicted molar refractivity (Wildman–Crippen MR) is 512 cm³/mol. The number of benzene rings is 12. The first-order valence-corrected chi connectivity index (χ1v) is 41.8. The number of nitro benzene ring substituents is 6. The van der Waals surface area contributed by atoms with Crippen molar-refractivity contribution in [3.63, 3.8) is 0 Å². The van der Waals surface area contributed by atoms with Gasteiger partial charge in [0.05, 0.1) is 133 Å². The Morgan fingerprint density at radius 2 is 0.613 bits per heavy atom. The fraction of sp³-hybridized carbons (Fsp3) is 0.121. The Kier molecular flexibility index (Phi) is 39.6. The molecule has 1 fully saturated rings. The highest BCUT2D eigenvalue weighted by molar-refractivity contribution is 6.34. The quantitative estimate of drug-likeness (QED) is 0.0137. The van der Waals surface area contributed by atoms with Gasteiger partial charge in [-0.25, -0.2) is 33.2 Å². The third-order valence-corrected chi connectivity index (χ3v) is 19.4. The van der Waals surface area contributed by atoms with E-state index < -0.39 is 142 Å². The number of aromatic hydroxyl groups is 1. The minimum Gasteiger partial charge on any atom is -0.506 e. The van der Waals surface area contributed by atoms with Crippen molar-refractivity contribution in [1.29, 1.82) is 5.26 Å². The van der Waals surface area contributed by atoms with Gasteiger partial charge in [0.2, 0.25) is 5.91 Å². The molecule has 13 amide bonds. The van der Waals surface area contributed by atoms with Gasteiger partial charge in [0, 0.05) is 115 Å². The van der Waals surface area contributed by atoms with E-state index in [9.17, 15) is 170 Å². The molecule has 12 aromatic rings. The van der Waals surface area contributed by atoms with Crippen LogP contribution in [0.5, 0.6) is 11.5 Å². The molecule has 14 N–H and O–H groups in total. The Labute approximate surface area is 834 Å². The highest BCUT2D eigenvalue weighted by Crippen LogP contribution is 2.41. The monoisotopic (exact) mass is 2130 g/mol. The number of carbonyl (C=O) groups is 7. The summed E-state index contributed by atoms with van der Waals surface area (Å²) in [6, 6.07) is 43.2. The number of phenolic OH excluding ortho intramolecular Hbond substituents is 1. The van der Waals surface area contributed by atoms with Crippen molar-refractivity contribution >= 4 is 167 Å². The number of urea groups is 6. The standard InChI is InChI=1S/C18H17F3N4O3.C15H9F3N4O3.C15H12F3N3O4.C15H13FN4O4.C14H9ClF3N3O3.C14H10F3N3O4/c19-18(20,21)12-4-3-5-13(10-12)22-17(26)23-15-7-6-14(25(27)28)11-16(15)24-8-1-2-9-24;16-15(17,18)10-2-1-3-11(7-10)20-14(23)21-13-5-4-12(22(24)25)6-9(13)8-19;1-25-13-8-11(21(23)24)5-6-12(13)20-14(22)19-10-4-2-3-9(7-10)15(16,17)18;1-9(21)17-14-8-12(20(23)24)5-6-13(14)19-15(22)18-11-4-2-3-10(16)7-11;15-11-7-10(21(23)24)4-5-12(11)20-13(22)19-9-3-1-2-8(6-9)14(16,17)18;15-14(16,17)8-2-1-3-9(6-8)18-13(22)19-11-5-4-10(20(23)24)7-12(11)21/h3-7,10-11H,1-2,8-9H2,(H2,22,23,26);1-7H,(H2,20,21,23);2-8H,1H3,(H2,19,20,22);2-8H,1H3,(H,17,21)(H2,18,19,22);1-7H,(H2,19,20,22);1-7,21H,(H2,18,19,22). The van der Waals surface area contributed by atoms with Crippen LogP contribution in [0, 0.1) is 77.8 Å². The average molecular weight is 2130 g/mol. The lowest BCUT2D eigenvalue weighted by molar-refractivity contribution is -0.385. The molecular weight excluding hydrogens is 2060 g/mol. The van der Waals surface area contributed by atoms with Gasteiger partial charge in [-0.3, -0.25) is 65.5 Å². The molecule has 42 nitrogen and oxygen atoms in total. The van der Waals surface area contributed by atoms with Gasteiger partial charge < -0.3 is 83.9 Å².